The molecule has 96 valence electrons. The monoisotopic (exact) mass is 245 g/mol. The van der Waals surface area contributed by atoms with Crippen LogP contribution in [0.4, 0.5) is 0 Å². The number of aromatic amines is 1. The summed E-state index contributed by atoms with van der Waals surface area (Å²) in [4.78, 5) is 0. The molecule has 0 atom stereocenters. The van der Waals surface area contributed by atoms with Gasteiger partial charge in [-0.05, 0) is 49.6 Å². The van der Waals surface area contributed by atoms with Gasteiger partial charge < -0.3 is 10.4 Å². The van der Waals surface area contributed by atoms with E-state index in [1.165, 1.54) is 5.56 Å². The predicted octanol–water partition coefficient (Wildman–Crippen LogP) is 2.15. The van der Waals surface area contributed by atoms with Crippen molar-refractivity contribution in [2.75, 3.05) is 6.54 Å². The van der Waals surface area contributed by atoms with Crippen LogP contribution in [0.15, 0.2) is 30.5 Å². The highest BCUT2D eigenvalue weighted by molar-refractivity contribution is 5.26. The molecule has 0 amide bonds. The molecule has 2 aromatic rings. The van der Waals surface area contributed by atoms with Crippen LogP contribution >= 0.6 is 0 Å². The zero-order chi connectivity index (χ0) is 12.8. The number of phenolic OH excluding ortho intramolecular Hbond substituents is 1. The molecule has 0 saturated carbocycles. The van der Waals surface area contributed by atoms with E-state index in [-0.39, 0.29) is 0 Å². The summed E-state index contributed by atoms with van der Waals surface area (Å²) in [6.45, 7) is 3.79. The van der Waals surface area contributed by atoms with E-state index in [9.17, 15) is 5.11 Å². The average Bonchev–Trinajstić information content (AvgIpc) is 2.75. The molecule has 0 unspecified atom stereocenters. The lowest BCUT2D eigenvalue weighted by Crippen LogP contribution is -2.15. The van der Waals surface area contributed by atoms with Gasteiger partial charge >= 0.3 is 0 Å². The van der Waals surface area contributed by atoms with E-state index in [4.69, 9.17) is 0 Å². The molecule has 0 aliphatic rings. The minimum Gasteiger partial charge on any atom is -0.508 e. The first-order chi connectivity index (χ1) is 8.75. The Morgan fingerprint density at radius 3 is 3.00 bits per heavy atom. The van der Waals surface area contributed by atoms with Crippen LogP contribution < -0.4 is 5.32 Å². The summed E-state index contributed by atoms with van der Waals surface area (Å²) < 4.78 is 0. The predicted molar refractivity (Wildman–Crippen MR) is 71.5 cm³/mol. The number of nitrogens with one attached hydrogen (secondary N) is 2. The fourth-order valence-corrected chi connectivity index (χ4v) is 1.93. The molecule has 4 heteroatoms. The number of phenols is 1. The third-order valence-corrected chi connectivity index (χ3v) is 2.97. The Morgan fingerprint density at radius 1 is 1.39 bits per heavy atom. The molecule has 0 radical (unpaired) electrons. The number of rotatable bonds is 6. The van der Waals surface area contributed by atoms with Crippen molar-refractivity contribution in [2.45, 2.75) is 26.3 Å². The number of benzene rings is 1. The molecule has 0 aliphatic heterocycles. The van der Waals surface area contributed by atoms with Crippen LogP contribution in [0.1, 0.15) is 23.2 Å². The van der Waals surface area contributed by atoms with E-state index in [2.05, 4.69) is 15.5 Å². The minimum atomic E-state index is 0.323. The maximum Gasteiger partial charge on any atom is 0.115 e. The SMILES string of the molecule is Cc1[nH]ncc1CCCNCc1cccc(O)c1. The molecule has 0 aliphatic carbocycles. The van der Waals surface area contributed by atoms with E-state index >= 15 is 0 Å². The lowest BCUT2D eigenvalue weighted by atomic mass is 10.1. The first kappa shape index (κ1) is 12.6. The summed E-state index contributed by atoms with van der Waals surface area (Å²) in [7, 11) is 0. The Balaban J connectivity index is 1.66. The highest BCUT2D eigenvalue weighted by Gasteiger charge is 1.99. The van der Waals surface area contributed by atoms with Crippen molar-refractivity contribution in [2.24, 2.45) is 0 Å². The summed E-state index contributed by atoms with van der Waals surface area (Å²) in [6.07, 6.45) is 4.01. The maximum absolute atomic E-state index is 9.33. The number of nitrogens with zero attached hydrogens (tertiary/aromatic N) is 1. The first-order valence-electron chi connectivity index (χ1n) is 6.23. The van der Waals surface area contributed by atoms with Crippen LogP contribution in [-0.2, 0) is 13.0 Å². The Labute approximate surface area is 107 Å². The van der Waals surface area contributed by atoms with Crippen molar-refractivity contribution in [1.82, 2.24) is 15.5 Å². The van der Waals surface area contributed by atoms with E-state index < -0.39 is 0 Å². The fourth-order valence-electron chi connectivity index (χ4n) is 1.93. The summed E-state index contributed by atoms with van der Waals surface area (Å²) in [5.74, 6) is 0.323. The van der Waals surface area contributed by atoms with E-state index in [1.807, 2.05) is 25.3 Å². The van der Waals surface area contributed by atoms with E-state index in [0.717, 1.165) is 37.2 Å². The molecular formula is C14H19N3O. The standard InChI is InChI=1S/C14H19N3O/c1-11-13(10-16-17-11)5-3-7-15-9-12-4-2-6-14(18)8-12/h2,4,6,8,10,15,18H,3,5,7,9H2,1H3,(H,16,17). The summed E-state index contributed by atoms with van der Waals surface area (Å²) in [5, 5.41) is 19.7. The van der Waals surface area contributed by atoms with E-state index in [0.29, 0.717) is 5.75 Å². The molecular weight excluding hydrogens is 226 g/mol. The highest BCUT2D eigenvalue weighted by atomic mass is 16.3. The molecule has 2 rings (SSSR count). The number of aromatic hydroxyl groups is 1. The second kappa shape index (κ2) is 6.21. The quantitative estimate of drug-likeness (QED) is 0.683. The van der Waals surface area contributed by atoms with Crippen molar-refractivity contribution in [3.8, 4) is 5.75 Å². The molecule has 0 bridgehead atoms. The number of H-pyrrole nitrogens is 1. The Bertz CT molecular complexity index is 493. The smallest absolute Gasteiger partial charge is 0.115 e. The number of aromatic nitrogens is 2. The molecule has 1 aromatic heterocycles. The number of hydrogen-bond donors (Lipinski definition) is 3. The van der Waals surface area contributed by atoms with Gasteiger partial charge in [-0.2, -0.15) is 5.10 Å². The van der Waals surface area contributed by atoms with Gasteiger partial charge in [-0.15, -0.1) is 0 Å². The van der Waals surface area contributed by atoms with Crippen molar-refractivity contribution < 1.29 is 5.11 Å². The Morgan fingerprint density at radius 2 is 2.28 bits per heavy atom. The van der Waals surface area contributed by atoms with Gasteiger partial charge in [-0.25, -0.2) is 0 Å². The van der Waals surface area contributed by atoms with Gasteiger partial charge in [0.1, 0.15) is 5.75 Å². The number of hydrogen-bond acceptors (Lipinski definition) is 3. The molecule has 0 fully saturated rings. The summed E-state index contributed by atoms with van der Waals surface area (Å²) in [6, 6.07) is 7.34. The van der Waals surface area contributed by atoms with Gasteiger partial charge in [0.25, 0.3) is 0 Å². The Hall–Kier alpha value is -1.81. The Kier molecular flexibility index (Phi) is 4.36. The summed E-state index contributed by atoms with van der Waals surface area (Å²) in [5.41, 5.74) is 3.55. The summed E-state index contributed by atoms with van der Waals surface area (Å²) >= 11 is 0. The molecule has 0 spiro atoms. The van der Waals surface area contributed by atoms with Gasteiger partial charge in [0.05, 0.1) is 6.20 Å². The van der Waals surface area contributed by atoms with Gasteiger partial charge in [0, 0.05) is 12.2 Å². The van der Waals surface area contributed by atoms with Crippen LogP contribution in [0.2, 0.25) is 0 Å². The molecule has 18 heavy (non-hydrogen) atoms. The third-order valence-electron chi connectivity index (χ3n) is 2.97. The van der Waals surface area contributed by atoms with Crippen molar-refractivity contribution >= 4 is 0 Å². The number of aryl methyl sites for hydroxylation is 2. The lowest BCUT2D eigenvalue weighted by Gasteiger charge is -2.05. The zero-order valence-corrected chi connectivity index (χ0v) is 10.6. The van der Waals surface area contributed by atoms with Gasteiger partial charge in [-0.1, -0.05) is 12.1 Å². The topological polar surface area (TPSA) is 60.9 Å². The van der Waals surface area contributed by atoms with Gasteiger partial charge in [0.15, 0.2) is 0 Å². The van der Waals surface area contributed by atoms with Crippen LogP contribution in [0.25, 0.3) is 0 Å². The second-order valence-corrected chi connectivity index (χ2v) is 4.47. The maximum atomic E-state index is 9.33. The van der Waals surface area contributed by atoms with Gasteiger partial charge in [0.2, 0.25) is 0 Å². The fraction of sp³-hybridized carbons (Fsp3) is 0.357. The second-order valence-electron chi connectivity index (χ2n) is 4.47. The van der Waals surface area contributed by atoms with Crippen molar-refractivity contribution in [1.29, 1.82) is 0 Å². The van der Waals surface area contributed by atoms with Gasteiger partial charge in [-0.3, -0.25) is 5.10 Å². The molecule has 3 N–H and O–H groups in total. The first-order valence-corrected chi connectivity index (χ1v) is 6.23. The van der Waals surface area contributed by atoms with Crippen molar-refractivity contribution in [3.05, 3.63) is 47.3 Å². The largest absolute Gasteiger partial charge is 0.508 e. The van der Waals surface area contributed by atoms with Crippen LogP contribution in [0.3, 0.4) is 0 Å². The molecule has 4 nitrogen and oxygen atoms in total. The van der Waals surface area contributed by atoms with Crippen molar-refractivity contribution in [3.63, 3.8) is 0 Å². The van der Waals surface area contributed by atoms with Crippen LogP contribution in [-0.4, -0.2) is 21.8 Å². The molecule has 1 aromatic carbocycles. The minimum absolute atomic E-state index is 0.323. The van der Waals surface area contributed by atoms with Crippen LogP contribution in [0, 0.1) is 6.92 Å². The average molecular weight is 245 g/mol. The molecule has 0 saturated heterocycles. The lowest BCUT2D eigenvalue weighted by molar-refractivity contribution is 0.474. The van der Waals surface area contributed by atoms with Crippen LogP contribution in [0.5, 0.6) is 5.75 Å². The zero-order valence-electron chi connectivity index (χ0n) is 10.6. The molecule has 1 heterocycles. The van der Waals surface area contributed by atoms with E-state index in [1.54, 1.807) is 12.1 Å². The normalized spacial score (nSPS) is 10.7. The highest BCUT2D eigenvalue weighted by Crippen LogP contribution is 2.10. The third kappa shape index (κ3) is 3.60.